The van der Waals surface area contributed by atoms with E-state index in [9.17, 15) is 22.5 Å². The van der Waals surface area contributed by atoms with Crippen LogP contribution in [0.25, 0.3) is 11.1 Å². The van der Waals surface area contributed by atoms with Crippen molar-refractivity contribution in [1.82, 2.24) is 0 Å². The van der Waals surface area contributed by atoms with Crippen molar-refractivity contribution in [2.75, 3.05) is 18.6 Å². The summed E-state index contributed by atoms with van der Waals surface area (Å²) in [6.07, 6.45) is -0.832. The van der Waals surface area contributed by atoms with E-state index in [0.29, 0.717) is 0 Å². The van der Waals surface area contributed by atoms with Crippen molar-refractivity contribution < 1.29 is 32.0 Å². The first kappa shape index (κ1) is 26.3. The predicted molar refractivity (Wildman–Crippen MR) is 139 cm³/mol. The molecule has 0 unspecified atom stereocenters. The Morgan fingerprint density at radius 1 is 0.946 bits per heavy atom. The van der Waals surface area contributed by atoms with E-state index in [-0.39, 0.29) is 29.3 Å². The number of fused-ring (bicyclic) bond motifs is 3. The molecule has 0 radical (unpaired) electrons. The van der Waals surface area contributed by atoms with Crippen molar-refractivity contribution >= 4 is 30.2 Å². The molecule has 0 bridgehead atoms. The van der Waals surface area contributed by atoms with E-state index in [0.717, 1.165) is 33.2 Å². The highest BCUT2D eigenvalue weighted by molar-refractivity contribution is 6.74. The lowest BCUT2D eigenvalue weighted by Gasteiger charge is -2.26. The number of nitrogens with zero attached hydrogens (tertiary/aromatic N) is 1. The summed E-state index contributed by atoms with van der Waals surface area (Å²) in [5.41, 5.74) is 1.69. The Bertz CT molecular complexity index is 1320. The van der Waals surface area contributed by atoms with Crippen LogP contribution >= 0.6 is 0 Å². The van der Waals surface area contributed by atoms with E-state index in [2.05, 4.69) is 0 Å². The van der Waals surface area contributed by atoms with Crippen molar-refractivity contribution in [1.29, 1.82) is 0 Å². The fourth-order valence-electron chi connectivity index (χ4n) is 4.60. The quantitative estimate of drug-likeness (QED) is 0.295. The number of carbonyl (C=O) groups is 2. The Labute approximate surface area is 214 Å². The molecular formula is C28H28BF3NO4-. The summed E-state index contributed by atoms with van der Waals surface area (Å²) in [4.78, 5) is 26.7. The maximum absolute atomic E-state index is 13.9. The highest BCUT2D eigenvalue weighted by atomic mass is 19.4. The predicted octanol–water partition coefficient (Wildman–Crippen LogP) is 6.39. The smallest absolute Gasteiger partial charge is 0.456 e. The number of rotatable bonds is 5. The van der Waals surface area contributed by atoms with Gasteiger partial charge in [-0.25, -0.2) is 9.59 Å². The van der Waals surface area contributed by atoms with Crippen molar-refractivity contribution in [3.63, 3.8) is 0 Å². The molecule has 0 saturated carbocycles. The molecule has 1 aliphatic rings. The normalized spacial score (nSPS) is 13.1. The van der Waals surface area contributed by atoms with Crippen molar-refractivity contribution in [3.05, 3.63) is 82.9 Å². The van der Waals surface area contributed by atoms with Crippen LogP contribution in [0.2, 0.25) is 0 Å². The lowest BCUT2D eigenvalue weighted by molar-refractivity contribution is 0.00687. The van der Waals surface area contributed by atoms with Gasteiger partial charge in [-0.05, 0) is 56.0 Å². The Morgan fingerprint density at radius 3 is 2.00 bits per heavy atom. The van der Waals surface area contributed by atoms with Crippen LogP contribution in [-0.2, 0) is 9.47 Å². The highest BCUT2D eigenvalue weighted by Crippen LogP contribution is 2.44. The molecule has 0 spiro atoms. The van der Waals surface area contributed by atoms with Gasteiger partial charge in [0.25, 0.3) is 0 Å². The summed E-state index contributed by atoms with van der Waals surface area (Å²) in [6, 6.07) is 17.8. The number of hydrogen-bond acceptors (Lipinski definition) is 4. The Balaban J connectivity index is 1.61. The van der Waals surface area contributed by atoms with Crippen LogP contribution in [0.5, 0.6) is 0 Å². The van der Waals surface area contributed by atoms with Crippen LogP contribution in [0.15, 0.2) is 60.7 Å². The maximum Gasteiger partial charge on any atom is 0.509 e. The van der Waals surface area contributed by atoms with E-state index in [1.54, 1.807) is 20.8 Å². The highest BCUT2D eigenvalue weighted by Gasteiger charge is 2.33. The third-order valence-corrected chi connectivity index (χ3v) is 6.40. The van der Waals surface area contributed by atoms with Gasteiger partial charge in [0.05, 0.1) is 5.56 Å². The van der Waals surface area contributed by atoms with Gasteiger partial charge < -0.3 is 22.4 Å². The van der Waals surface area contributed by atoms with Crippen LogP contribution in [0, 0.1) is 6.92 Å². The number of anilines is 1. The van der Waals surface area contributed by atoms with E-state index >= 15 is 0 Å². The molecule has 0 saturated heterocycles. The second-order valence-electron chi connectivity index (χ2n) is 10.1. The van der Waals surface area contributed by atoms with Gasteiger partial charge in [-0.2, -0.15) is 0 Å². The maximum atomic E-state index is 13.9. The molecule has 1 aliphatic carbocycles. The van der Waals surface area contributed by atoms with Gasteiger partial charge >= 0.3 is 19.0 Å². The fourth-order valence-corrected chi connectivity index (χ4v) is 4.60. The molecule has 0 N–H and O–H groups in total. The Kier molecular flexibility index (Phi) is 6.84. The SMILES string of the molecule is Cc1c(C(=O)OC(C)(C)C)cc(N(C)C(=O)OCC2c3ccccc3-c3ccccc32)cc1[B-](F)(F)F. The third-order valence-electron chi connectivity index (χ3n) is 6.40. The van der Waals surface area contributed by atoms with E-state index in [1.807, 2.05) is 48.5 Å². The minimum atomic E-state index is -5.45. The van der Waals surface area contributed by atoms with Gasteiger partial charge in [-0.15, -0.1) is 5.46 Å². The number of halogens is 3. The first-order valence-corrected chi connectivity index (χ1v) is 11.9. The van der Waals surface area contributed by atoms with Gasteiger partial charge in [0, 0.05) is 18.7 Å². The number of esters is 1. The summed E-state index contributed by atoms with van der Waals surface area (Å²) in [5.74, 6) is -1.09. The van der Waals surface area contributed by atoms with Crippen molar-refractivity contribution in [2.45, 2.75) is 39.2 Å². The van der Waals surface area contributed by atoms with Crippen LogP contribution in [0.3, 0.4) is 0 Å². The Hall–Kier alpha value is -3.75. The van der Waals surface area contributed by atoms with Crippen LogP contribution < -0.4 is 10.4 Å². The van der Waals surface area contributed by atoms with Gasteiger partial charge in [-0.1, -0.05) is 60.2 Å². The third kappa shape index (κ3) is 5.35. The van der Waals surface area contributed by atoms with Gasteiger partial charge in [-0.3, -0.25) is 4.90 Å². The Morgan fingerprint density at radius 2 is 1.49 bits per heavy atom. The van der Waals surface area contributed by atoms with Crippen LogP contribution in [0.4, 0.5) is 23.4 Å². The molecule has 0 heterocycles. The largest absolute Gasteiger partial charge is 0.509 e. The van der Waals surface area contributed by atoms with E-state index in [1.165, 1.54) is 20.0 Å². The van der Waals surface area contributed by atoms with E-state index < -0.39 is 30.1 Å². The zero-order valence-corrected chi connectivity index (χ0v) is 21.3. The number of carbonyl (C=O) groups excluding carboxylic acids is 2. The second-order valence-corrected chi connectivity index (χ2v) is 10.1. The summed E-state index contributed by atoms with van der Waals surface area (Å²) in [7, 11) is 1.32. The minimum Gasteiger partial charge on any atom is -0.456 e. The topological polar surface area (TPSA) is 55.8 Å². The van der Waals surface area contributed by atoms with Gasteiger partial charge in [0.1, 0.15) is 12.2 Å². The number of amides is 1. The lowest BCUT2D eigenvalue weighted by atomic mass is 9.75. The molecule has 3 aromatic carbocycles. The zero-order valence-electron chi connectivity index (χ0n) is 21.3. The molecule has 1 amide bonds. The average molecular weight is 510 g/mol. The van der Waals surface area contributed by atoms with Crippen molar-refractivity contribution in [2.24, 2.45) is 0 Å². The van der Waals surface area contributed by atoms with E-state index in [4.69, 9.17) is 9.47 Å². The van der Waals surface area contributed by atoms with Crippen LogP contribution in [-0.4, -0.2) is 38.3 Å². The number of hydrogen-bond donors (Lipinski definition) is 0. The van der Waals surface area contributed by atoms with Gasteiger partial charge in [0.15, 0.2) is 0 Å². The molecule has 0 atom stereocenters. The lowest BCUT2D eigenvalue weighted by Crippen LogP contribution is -2.39. The summed E-state index contributed by atoms with van der Waals surface area (Å²) in [6.45, 7) is 0.660. The molecule has 0 aromatic heterocycles. The number of benzene rings is 3. The summed E-state index contributed by atoms with van der Waals surface area (Å²) in [5, 5.41) is 0. The molecule has 0 fully saturated rings. The molecule has 5 nitrogen and oxygen atoms in total. The van der Waals surface area contributed by atoms with Crippen LogP contribution in [0.1, 0.15) is 53.7 Å². The zero-order chi connectivity index (χ0) is 27.1. The monoisotopic (exact) mass is 510 g/mol. The number of ether oxygens (including phenoxy) is 2. The second kappa shape index (κ2) is 9.61. The summed E-state index contributed by atoms with van der Waals surface area (Å²) < 4.78 is 52.6. The first-order chi connectivity index (χ1) is 17.3. The fraction of sp³-hybridized carbons (Fsp3) is 0.286. The molecule has 3 aromatic rings. The summed E-state index contributed by atoms with van der Waals surface area (Å²) >= 11 is 0. The molecule has 4 rings (SSSR count). The molecule has 194 valence electrons. The molecule has 9 heteroatoms. The van der Waals surface area contributed by atoms with Gasteiger partial charge in [0.2, 0.25) is 0 Å². The first-order valence-electron chi connectivity index (χ1n) is 11.9. The average Bonchev–Trinajstić information content (AvgIpc) is 3.14. The standard InChI is InChI=1S/C28H28BF3NO4/c1-17-23(26(34)37-28(2,3)4)14-18(15-25(17)29(30,31)32)33(5)27(35)36-16-24-21-12-8-6-10-19(21)20-11-7-9-13-22(20)24/h6-15,24H,16H2,1-5H3/q-1. The minimum absolute atomic E-state index is 0.0120. The molecular weight excluding hydrogens is 482 g/mol. The molecule has 37 heavy (non-hydrogen) atoms. The molecule has 0 aliphatic heterocycles. The van der Waals surface area contributed by atoms with Crippen molar-refractivity contribution in [3.8, 4) is 11.1 Å².